The minimum absolute atomic E-state index is 0.0112. The monoisotopic (exact) mass is 333 g/mol. The van der Waals surface area contributed by atoms with Gasteiger partial charge in [0.2, 0.25) is 0 Å². The first-order chi connectivity index (χ1) is 12.0. The van der Waals surface area contributed by atoms with Gasteiger partial charge in [0.05, 0.1) is 11.5 Å². The number of aryl methyl sites for hydroxylation is 2. The van der Waals surface area contributed by atoms with E-state index >= 15 is 0 Å². The van der Waals surface area contributed by atoms with Crippen molar-refractivity contribution in [2.45, 2.75) is 25.9 Å². The van der Waals surface area contributed by atoms with E-state index in [1.54, 1.807) is 12.2 Å². The number of hydrogen-bond donors (Lipinski definition) is 2. The zero-order valence-electron chi connectivity index (χ0n) is 14.1. The Morgan fingerprint density at radius 3 is 2.68 bits per heavy atom. The molecule has 2 unspecified atom stereocenters. The second-order valence-corrected chi connectivity index (χ2v) is 6.53. The summed E-state index contributed by atoms with van der Waals surface area (Å²) in [4.78, 5) is 12.6. The second-order valence-electron chi connectivity index (χ2n) is 6.53. The standard InChI is InChI=1S/C21H19NO3/c1-12-7-8-14(9-13(12)2)22-21(24)17-11-20-16(10-18(17)23)15-5-3-4-6-19(15)25-20/h3-11,16,20,23H,1-2H3,(H,22,24). The number of aliphatic hydroxyl groups is 1. The third kappa shape index (κ3) is 2.70. The molecule has 4 rings (SSSR count). The van der Waals surface area contributed by atoms with Crippen LogP contribution in [0.3, 0.4) is 0 Å². The molecule has 0 aromatic heterocycles. The molecule has 0 radical (unpaired) electrons. The van der Waals surface area contributed by atoms with Crippen molar-refractivity contribution in [3.05, 3.63) is 82.6 Å². The van der Waals surface area contributed by atoms with Crippen LogP contribution in [0.4, 0.5) is 5.69 Å². The van der Waals surface area contributed by atoms with Gasteiger partial charge in [-0.05, 0) is 55.3 Å². The number of amides is 1. The number of ether oxygens (including phenoxy) is 1. The fourth-order valence-corrected chi connectivity index (χ4v) is 3.30. The van der Waals surface area contributed by atoms with Gasteiger partial charge in [-0.15, -0.1) is 0 Å². The SMILES string of the molecule is Cc1ccc(NC(=O)C2=CC3Oc4ccccc4C3C=C2O)cc1C. The molecule has 25 heavy (non-hydrogen) atoms. The maximum Gasteiger partial charge on any atom is 0.259 e. The van der Waals surface area contributed by atoms with E-state index in [4.69, 9.17) is 4.74 Å². The topological polar surface area (TPSA) is 58.6 Å². The van der Waals surface area contributed by atoms with E-state index < -0.39 is 0 Å². The zero-order valence-corrected chi connectivity index (χ0v) is 14.1. The molecule has 2 aromatic rings. The quantitative estimate of drug-likeness (QED) is 0.867. The minimum atomic E-state index is -0.338. The van der Waals surface area contributed by atoms with Crippen molar-refractivity contribution >= 4 is 11.6 Å². The van der Waals surface area contributed by atoms with E-state index in [1.807, 2.05) is 56.3 Å². The summed E-state index contributed by atoms with van der Waals surface area (Å²) in [5, 5.41) is 13.2. The molecule has 2 aromatic carbocycles. The largest absolute Gasteiger partial charge is 0.507 e. The molecule has 1 heterocycles. The zero-order chi connectivity index (χ0) is 17.6. The molecule has 1 amide bonds. The van der Waals surface area contributed by atoms with E-state index in [1.165, 1.54) is 0 Å². The summed E-state index contributed by atoms with van der Waals surface area (Å²) in [6.45, 7) is 4.02. The van der Waals surface area contributed by atoms with Crippen LogP contribution in [0, 0.1) is 13.8 Å². The van der Waals surface area contributed by atoms with Crippen molar-refractivity contribution in [2.75, 3.05) is 5.32 Å². The number of benzene rings is 2. The van der Waals surface area contributed by atoms with E-state index in [0.717, 1.165) is 22.4 Å². The summed E-state index contributed by atoms with van der Waals surface area (Å²) in [6.07, 6.45) is 3.14. The third-order valence-electron chi connectivity index (χ3n) is 4.85. The Hall–Kier alpha value is -3.01. The Labute approximate surface area is 146 Å². The lowest BCUT2D eigenvalue weighted by atomic mass is 9.88. The maximum atomic E-state index is 12.6. The number of rotatable bonds is 2. The molecular formula is C21H19NO3. The lowest BCUT2D eigenvalue weighted by Crippen LogP contribution is -2.25. The highest BCUT2D eigenvalue weighted by molar-refractivity contribution is 6.06. The molecule has 0 saturated carbocycles. The Balaban J connectivity index is 1.58. The number of nitrogens with one attached hydrogen (secondary N) is 1. The van der Waals surface area contributed by atoms with E-state index in [9.17, 15) is 9.90 Å². The smallest absolute Gasteiger partial charge is 0.259 e. The molecule has 0 spiro atoms. The Kier molecular flexibility index (Phi) is 3.61. The first-order valence-corrected chi connectivity index (χ1v) is 8.30. The van der Waals surface area contributed by atoms with Crippen LogP contribution >= 0.6 is 0 Å². The minimum Gasteiger partial charge on any atom is -0.507 e. The molecule has 2 aliphatic rings. The normalized spacial score (nSPS) is 20.7. The summed E-state index contributed by atoms with van der Waals surface area (Å²) in [5.74, 6) is 0.390. The Morgan fingerprint density at radius 1 is 1.08 bits per heavy atom. The molecule has 1 aliphatic heterocycles. The molecule has 1 aliphatic carbocycles. The van der Waals surface area contributed by atoms with Crippen LogP contribution in [-0.4, -0.2) is 17.1 Å². The van der Waals surface area contributed by atoms with Gasteiger partial charge in [0, 0.05) is 11.3 Å². The highest BCUT2D eigenvalue weighted by atomic mass is 16.5. The van der Waals surface area contributed by atoms with Crippen molar-refractivity contribution < 1.29 is 14.6 Å². The molecule has 2 atom stereocenters. The van der Waals surface area contributed by atoms with Crippen LogP contribution < -0.4 is 10.1 Å². The van der Waals surface area contributed by atoms with Crippen molar-refractivity contribution in [3.8, 4) is 5.75 Å². The predicted octanol–water partition coefficient (Wildman–Crippen LogP) is 4.17. The van der Waals surface area contributed by atoms with Crippen LogP contribution in [0.2, 0.25) is 0 Å². The molecular weight excluding hydrogens is 314 g/mol. The Bertz CT molecular complexity index is 926. The van der Waals surface area contributed by atoms with Gasteiger partial charge >= 0.3 is 0 Å². The third-order valence-corrected chi connectivity index (χ3v) is 4.85. The van der Waals surface area contributed by atoms with Gasteiger partial charge in [-0.1, -0.05) is 24.3 Å². The number of hydrogen-bond acceptors (Lipinski definition) is 3. The van der Waals surface area contributed by atoms with Gasteiger partial charge in [0.25, 0.3) is 5.91 Å². The van der Waals surface area contributed by atoms with E-state index in [2.05, 4.69) is 5.32 Å². The van der Waals surface area contributed by atoms with Crippen LogP contribution in [0.25, 0.3) is 0 Å². The Morgan fingerprint density at radius 2 is 1.88 bits per heavy atom. The van der Waals surface area contributed by atoms with Gasteiger partial charge in [0.15, 0.2) is 0 Å². The molecule has 0 bridgehead atoms. The second kappa shape index (κ2) is 5.81. The van der Waals surface area contributed by atoms with Crippen molar-refractivity contribution in [2.24, 2.45) is 0 Å². The highest BCUT2D eigenvalue weighted by Gasteiger charge is 2.36. The highest BCUT2D eigenvalue weighted by Crippen LogP contribution is 2.42. The van der Waals surface area contributed by atoms with Crippen LogP contribution in [0.1, 0.15) is 22.6 Å². The lowest BCUT2D eigenvalue weighted by molar-refractivity contribution is -0.112. The molecule has 126 valence electrons. The van der Waals surface area contributed by atoms with Crippen LogP contribution in [-0.2, 0) is 4.79 Å². The first-order valence-electron chi connectivity index (χ1n) is 8.30. The van der Waals surface area contributed by atoms with Crippen LogP contribution in [0.15, 0.2) is 65.9 Å². The number of anilines is 1. The van der Waals surface area contributed by atoms with Gasteiger partial charge in [0.1, 0.15) is 17.6 Å². The number of aliphatic hydroxyl groups excluding tert-OH is 1. The fraction of sp³-hybridized carbons (Fsp3) is 0.190. The lowest BCUT2D eigenvalue weighted by Gasteiger charge is -2.20. The van der Waals surface area contributed by atoms with Gasteiger partial charge in [-0.3, -0.25) is 4.79 Å². The number of fused-ring (bicyclic) bond motifs is 3. The molecule has 2 N–H and O–H groups in total. The summed E-state index contributed by atoms with van der Waals surface area (Å²) < 4.78 is 5.91. The molecule has 4 heteroatoms. The predicted molar refractivity (Wildman–Crippen MR) is 96.9 cm³/mol. The summed E-state index contributed by atoms with van der Waals surface area (Å²) in [7, 11) is 0. The van der Waals surface area contributed by atoms with E-state index in [0.29, 0.717) is 5.69 Å². The summed E-state index contributed by atoms with van der Waals surface area (Å²) in [5.41, 5.74) is 4.25. The molecule has 0 saturated heterocycles. The molecule has 0 fully saturated rings. The van der Waals surface area contributed by atoms with Crippen molar-refractivity contribution in [1.29, 1.82) is 0 Å². The first kappa shape index (κ1) is 15.5. The fourth-order valence-electron chi connectivity index (χ4n) is 3.30. The average molecular weight is 333 g/mol. The summed E-state index contributed by atoms with van der Waals surface area (Å²) >= 11 is 0. The number of carbonyl (C=O) groups excluding carboxylic acids is 1. The van der Waals surface area contributed by atoms with E-state index in [-0.39, 0.29) is 29.3 Å². The maximum absolute atomic E-state index is 12.6. The van der Waals surface area contributed by atoms with Gasteiger partial charge in [-0.2, -0.15) is 0 Å². The van der Waals surface area contributed by atoms with Crippen molar-refractivity contribution in [3.63, 3.8) is 0 Å². The average Bonchev–Trinajstić information content (AvgIpc) is 2.95. The summed E-state index contributed by atoms with van der Waals surface area (Å²) in [6, 6.07) is 13.5. The number of para-hydroxylation sites is 1. The van der Waals surface area contributed by atoms with Crippen LogP contribution in [0.5, 0.6) is 5.75 Å². The molecule has 4 nitrogen and oxygen atoms in total. The van der Waals surface area contributed by atoms with Gasteiger partial charge in [-0.25, -0.2) is 0 Å². The number of carbonyl (C=O) groups is 1. The van der Waals surface area contributed by atoms with Gasteiger partial charge < -0.3 is 15.2 Å². The van der Waals surface area contributed by atoms with Crippen molar-refractivity contribution in [1.82, 2.24) is 0 Å².